The van der Waals surface area contributed by atoms with Crippen molar-refractivity contribution >= 4 is 5.91 Å². The fourth-order valence-corrected chi connectivity index (χ4v) is 2.51. The van der Waals surface area contributed by atoms with Gasteiger partial charge in [-0.25, -0.2) is 0 Å². The van der Waals surface area contributed by atoms with Gasteiger partial charge in [-0.15, -0.1) is 0 Å². The van der Waals surface area contributed by atoms with Crippen LogP contribution in [0.2, 0.25) is 0 Å². The second-order valence-corrected chi connectivity index (χ2v) is 4.95. The van der Waals surface area contributed by atoms with Gasteiger partial charge in [-0.05, 0) is 25.2 Å². The Labute approximate surface area is 94.0 Å². The van der Waals surface area contributed by atoms with Crippen LogP contribution < -0.4 is 0 Å². The van der Waals surface area contributed by atoms with Gasteiger partial charge < -0.3 is 4.90 Å². The molecule has 1 aliphatic rings. The summed E-state index contributed by atoms with van der Waals surface area (Å²) in [5.41, 5.74) is 0. The summed E-state index contributed by atoms with van der Waals surface area (Å²) in [5, 5.41) is 0. The number of unbranched alkanes of at least 4 members (excludes halogenated alkanes) is 1. The lowest BCUT2D eigenvalue weighted by molar-refractivity contribution is -0.135. The quantitative estimate of drug-likeness (QED) is 0.684. The number of nitrogens with zero attached hydrogens (tertiary/aromatic N) is 1. The standard InChI is InChI=1S/C13H25NO/c1-4-5-10-14(3)13(15)11(2)12-8-6-7-9-12/h11-12H,4-10H2,1-3H3. The highest BCUT2D eigenvalue weighted by atomic mass is 16.2. The Balaban J connectivity index is 2.36. The molecule has 0 saturated heterocycles. The average Bonchev–Trinajstić information content (AvgIpc) is 2.77. The van der Waals surface area contributed by atoms with Gasteiger partial charge in [0.05, 0.1) is 0 Å². The molecular weight excluding hydrogens is 186 g/mol. The van der Waals surface area contributed by atoms with Gasteiger partial charge >= 0.3 is 0 Å². The third-order valence-electron chi connectivity index (χ3n) is 3.72. The van der Waals surface area contributed by atoms with Crippen LogP contribution in [0.4, 0.5) is 0 Å². The summed E-state index contributed by atoms with van der Waals surface area (Å²) in [7, 11) is 1.95. The van der Waals surface area contributed by atoms with Crippen molar-refractivity contribution < 1.29 is 4.79 Å². The fourth-order valence-electron chi connectivity index (χ4n) is 2.51. The molecule has 2 nitrogen and oxygen atoms in total. The summed E-state index contributed by atoms with van der Waals surface area (Å²) in [6.07, 6.45) is 7.44. The van der Waals surface area contributed by atoms with Crippen molar-refractivity contribution in [2.75, 3.05) is 13.6 Å². The molecule has 1 saturated carbocycles. The predicted octanol–water partition coefficient (Wildman–Crippen LogP) is 3.07. The maximum Gasteiger partial charge on any atom is 0.225 e. The summed E-state index contributed by atoms with van der Waals surface area (Å²) in [4.78, 5) is 14.0. The van der Waals surface area contributed by atoms with Crippen LogP contribution >= 0.6 is 0 Å². The molecule has 1 atom stereocenters. The largest absolute Gasteiger partial charge is 0.346 e. The summed E-state index contributed by atoms with van der Waals surface area (Å²) >= 11 is 0. The first-order chi connectivity index (χ1) is 7.16. The van der Waals surface area contributed by atoms with E-state index in [1.807, 2.05) is 11.9 Å². The summed E-state index contributed by atoms with van der Waals surface area (Å²) in [5.74, 6) is 1.26. The van der Waals surface area contributed by atoms with E-state index in [4.69, 9.17) is 0 Å². The van der Waals surface area contributed by atoms with Crippen LogP contribution in [-0.4, -0.2) is 24.4 Å². The van der Waals surface area contributed by atoms with Crippen LogP contribution in [0.1, 0.15) is 52.4 Å². The number of hydrogen-bond donors (Lipinski definition) is 0. The Morgan fingerprint density at radius 2 is 2.00 bits per heavy atom. The molecule has 0 spiro atoms. The first kappa shape index (κ1) is 12.5. The van der Waals surface area contributed by atoms with Crippen molar-refractivity contribution in [1.29, 1.82) is 0 Å². The van der Waals surface area contributed by atoms with Crippen molar-refractivity contribution in [3.8, 4) is 0 Å². The van der Waals surface area contributed by atoms with Gasteiger partial charge in [0.1, 0.15) is 0 Å². The third kappa shape index (κ3) is 3.51. The number of carbonyl (C=O) groups is 1. The molecule has 0 aromatic rings. The van der Waals surface area contributed by atoms with E-state index in [1.54, 1.807) is 0 Å². The SMILES string of the molecule is CCCCN(C)C(=O)C(C)C1CCCC1. The van der Waals surface area contributed by atoms with Crippen LogP contribution in [0.25, 0.3) is 0 Å². The highest BCUT2D eigenvalue weighted by molar-refractivity contribution is 5.78. The summed E-state index contributed by atoms with van der Waals surface area (Å²) in [6, 6.07) is 0. The van der Waals surface area contributed by atoms with E-state index in [2.05, 4.69) is 13.8 Å². The molecule has 0 radical (unpaired) electrons. The number of hydrogen-bond acceptors (Lipinski definition) is 1. The predicted molar refractivity (Wildman–Crippen MR) is 63.7 cm³/mol. The summed E-state index contributed by atoms with van der Waals surface area (Å²) < 4.78 is 0. The Morgan fingerprint density at radius 3 is 2.53 bits per heavy atom. The van der Waals surface area contributed by atoms with Gasteiger partial charge in [0.15, 0.2) is 0 Å². The fraction of sp³-hybridized carbons (Fsp3) is 0.923. The molecule has 0 heterocycles. The van der Waals surface area contributed by atoms with Gasteiger partial charge in [0.2, 0.25) is 5.91 Å². The zero-order valence-electron chi connectivity index (χ0n) is 10.5. The maximum atomic E-state index is 12.1. The molecule has 88 valence electrons. The van der Waals surface area contributed by atoms with Gasteiger partial charge in [-0.1, -0.05) is 33.1 Å². The van der Waals surface area contributed by atoms with E-state index in [-0.39, 0.29) is 5.92 Å². The lowest BCUT2D eigenvalue weighted by Gasteiger charge is -2.24. The van der Waals surface area contributed by atoms with Crippen LogP contribution in [0.5, 0.6) is 0 Å². The minimum Gasteiger partial charge on any atom is -0.346 e. The minimum absolute atomic E-state index is 0.245. The highest BCUT2D eigenvalue weighted by Gasteiger charge is 2.28. The second kappa shape index (κ2) is 6.14. The number of carbonyl (C=O) groups excluding carboxylic acids is 1. The minimum atomic E-state index is 0.245. The Kier molecular flexibility index (Phi) is 5.13. The molecule has 0 bridgehead atoms. The molecule has 1 amide bonds. The van der Waals surface area contributed by atoms with Gasteiger partial charge in [-0.2, -0.15) is 0 Å². The first-order valence-corrected chi connectivity index (χ1v) is 6.41. The van der Waals surface area contributed by atoms with Crippen molar-refractivity contribution in [2.24, 2.45) is 11.8 Å². The van der Waals surface area contributed by atoms with E-state index in [1.165, 1.54) is 25.7 Å². The number of rotatable bonds is 5. The molecular formula is C13H25NO. The van der Waals surface area contributed by atoms with Crippen LogP contribution in [-0.2, 0) is 4.79 Å². The average molecular weight is 211 g/mol. The summed E-state index contributed by atoms with van der Waals surface area (Å²) in [6.45, 7) is 5.20. The van der Waals surface area contributed by atoms with Crippen molar-refractivity contribution in [1.82, 2.24) is 4.90 Å². The molecule has 1 rings (SSSR count). The van der Waals surface area contributed by atoms with E-state index in [9.17, 15) is 4.79 Å². The number of amides is 1. The Hall–Kier alpha value is -0.530. The van der Waals surface area contributed by atoms with Crippen molar-refractivity contribution in [3.05, 3.63) is 0 Å². The van der Waals surface area contributed by atoms with Gasteiger partial charge in [0.25, 0.3) is 0 Å². The van der Waals surface area contributed by atoms with E-state index >= 15 is 0 Å². The van der Waals surface area contributed by atoms with Crippen molar-refractivity contribution in [3.63, 3.8) is 0 Å². The second-order valence-electron chi connectivity index (χ2n) is 4.95. The van der Waals surface area contributed by atoms with Crippen LogP contribution in [0, 0.1) is 11.8 Å². The van der Waals surface area contributed by atoms with E-state index in [0.29, 0.717) is 11.8 Å². The monoisotopic (exact) mass is 211 g/mol. The lowest BCUT2D eigenvalue weighted by Crippen LogP contribution is -2.35. The zero-order valence-corrected chi connectivity index (χ0v) is 10.5. The molecule has 1 unspecified atom stereocenters. The molecule has 1 fully saturated rings. The molecule has 0 N–H and O–H groups in total. The van der Waals surface area contributed by atoms with Crippen LogP contribution in [0.15, 0.2) is 0 Å². The smallest absolute Gasteiger partial charge is 0.225 e. The molecule has 2 heteroatoms. The Morgan fingerprint density at radius 1 is 1.40 bits per heavy atom. The van der Waals surface area contributed by atoms with E-state index < -0.39 is 0 Å². The topological polar surface area (TPSA) is 20.3 Å². The molecule has 0 aliphatic heterocycles. The molecule has 1 aliphatic carbocycles. The lowest BCUT2D eigenvalue weighted by atomic mass is 9.91. The highest BCUT2D eigenvalue weighted by Crippen LogP contribution is 2.31. The normalized spacial score (nSPS) is 19.1. The third-order valence-corrected chi connectivity index (χ3v) is 3.72. The van der Waals surface area contributed by atoms with Gasteiger partial charge in [-0.3, -0.25) is 4.79 Å². The van der Waals surface area contributed by atoms with E-state index in [0.717, 1.165) is 19.4 Å². The Bertz CT molecular complexity index is 197. The van der Waals surface area contributed by atoms with Gasteiger partial charge in [0, 0.05) is 19.5 Å². The molecule has 0 aromatic carbocycles. The zero-order chi connectivity index (χ0) is 11.3. The maximum absolute atomic E-state index is 12.1. The molecule has 0 aromatic heterocycles. The first-order valence-electron chi connectivity index (χ1n) is 6.41. The van der Waals surface area contributed by atoms with Crippen LogP contribution in [0.3, 0.4) is 0 Å². The van der Waals surface area contributed by atoms with Crippen molar-refractivity contribution in [2.45, 2.75) is 52.4 Å². The molecule has 15 heavy (non-hydrogen) atoms.